The van der Waals surface area contributed by atoms with Crippen LogP contribution in [0.2, 0.25) is 18.1 Å². The van der Waals surface area contributed by atoms with Crippen LogP contribution in [0.1, 0.15) is 39.8 Å². The summed E-state index contributed by atoms with van der Waals surface area (Å²) in [7, 11) is -1.58. The van der Waals surface area contributed by atoms with Gasteiger partial charge in [0.15, 0.2) is 8.32 Å². The number of rotatable bonds is 6. The molecule has 1 aromatic rings. The zero-order valence-electron chi connectivity index (χ0n) is 13.4. The Kier molecular flexibility index (Phi) is 5.75. The van der Waals surface area contributed by atoms with E-state index < -0.39 is 8.32 Å². The molecule has 0 radical (unpaired) electrons. The molecule has 1 atom stereocenters. The molecule has 2 nitrogen and oxygen atoms in total. The topological polar surface area (TPSA) is 22.1 Å². The van der Waals surface area contributed by atoms with Gasteiger partial charge in [0.05, 0.1) is 0 Å². The molecule has 0 N–H and O–H groups in total. The van der Waals surface area contributed by atoms with Gasteiger partial charge >= 0.3 is 0 Å². The third kappa shape index (κ3) is 5.45. The second kappa shape index (κ2) is 6.66. The van der Waals surface area contributed by atoms with Gasteiger partial charge in [-0.25, -0.2) is 0 Å². The van der Waals surface area contributed by atoms with Crippen molar-refractivity contribution in [3.05, 3.63) is 30.1 Å². The van der Waals surface area contributed by atoms with Gasteiger partial charge in [-0.3, -0.25) is 4.98 Å². The molecule has 0 saturated heterocycles. The third-order valence-electron chi connectivity index (χ3n) is 4.16. The summed E-state index contributed by atoms with van der Waals surface area (Å²) < 4.78 is 6.22. The standard InChI is InChI=1S/C16H29NOSi/c1-14(13-15-9-7-8-11-17-15)10-12-18-19(5,6)16(2,3)4/h7-9,11,14H,10,12-13H2,1-6H3/t14-/m0/s1. The Morgan fingerprint density at radius 1 is 1.26 bits per heavy atom. The quantitative estimate of drug-likeness (QED) is 0.706. The van der Waals surface area contributed by atoms with E-state index in [1.54, 1.807) is 0 Å². The Bertz CT molecular complexity index is 370. The Balaban J connectivity index is 2.34. The van der Waals surface area contributed by atoms with Crippen molar-refractivity contribution in [1.82, 2.24) is 4.98 Å². The molecule has 1 aromatic heterocycles. The van der Waals surface area contributed by atoms with Crippen molar-refractivity contribution in [3.63, 3.8) is 0 Å². The van der Waals surface area contributed by atoms with Crippen LogP contribution in [0.25, 0.3) is 0 Å². The minimum absolute atomic E-state index is 0.303. The summed E-state index contributed by atoms with van der Waals surface area (Å²) in [6.07, 6.45) is 4.03. The van der Waals surface area contributed by atoms with E-state index >= 15 is 0 Å². The second-order valence-corrected chi connectivity index (χ2v) is 11.8. The van der Waals surface area contributed by atoms with Crippen molar-refractivity contribution in [2.45, 2.75) is 58.7 Å². The lowest BCUT2D eigenvalue weighted by Crippen LogP contribution is -2.41. The summed E-state index contributed by atoms with van der Waals surface area (Å²) in [6.45, 7) is 14.7. The van der Waals surface area contributed by atoms with Crippen LogP contribution in [-0.4, -0.2) is 19.9 Å². The van der Waals surface area contributed by atoms with Crippen molar-refractivity contribution in [2.75, 3.05) is 6.61 Å². The fourth-order valence-corrected chi connectivity index (χ4v) is 2.77. The SMILES string of the molecule is C[C@@H](CCO[Si](C)(C)C(C)(C)C)Cc1ccccn1. The smallest absolute Gasteiger partial charge is 0.191 e. The van der Waals surface area contributed by atoms with Crippen LogP contribution in [0, 0.1) is 5.92 Å². The van der Waals surface area contributed by atoms with E-state index in [9.17, 15) is 0 Å². The van der Waals surface area contributed by atoms with Crippen LogP contribution >= 0.6 is 0 Å². The highest BCUT2D eigenvalue weighted by Gasteiger charge is 2.36. The first-order chi connectivity index (χ1) is 8.72. The molecule has 1 heterocycles. The van der Waals surface area contributed by atoms with E-state index in [0.29, 0.717) is 11.0 Å². The minimum Gasteiger partial charge on any atom is -0.417 e. The molecule has 0 saturated carbocycles. The molecular weight excluding hydrogens is 250 g/mol. The summed E-state index contributed by atoms with van der Waals surface area (Å²) in [4.78, 5) is 4.38. The normalized spacial score (nSPS) is 14.4. The maximum Gasteiger partial charge on any atom is 0.191 e. The van der Waals surface area contributed by atoms with E-state index in [1.807, 2.05) is 12.3 Å². The summed E-state index contributed by atoms with van der Waals surface area (Å²) >= 11 is 0. The lowest BCUT2D eigenvalue weighted by molar-refractivity contribution is 0.259. The van der Waals surface area contributed by atoms with Crippen LogP contribution in [0.4, 0.5) is 0 Å². The van der Waals surface area contributed by atoms with Crippen LogP contribution in [-0.2, 0) is 10.8 Å². The Hall–Kier alpha value is -0.673. The van der Waals surface area contributed by atoms with Crippen LogP contribution in [0.15, 0.2) is 24.4 Å². The summed E-state index contributed by atoms with van der Waals surface area (Å²) in [5.41, 5.74) is 1.18. The molecule has 0 unspecified atom stereocenters. The molecular formula is C16H29NOSi. The maximum absolute atomic E-state index is 6.22. The van der Waals surface area contributed by atoms with Crippen molar-refractivity contribution < 1.29 is 4.43 Å². The first-order valence-corrected chi connectivity index (χ1v) is 10.2. The molecule has 0 aliphatic heterocycles. The first kappa shape index (κ1) is 16.4. The van der Waals surface area contributed by atoms with E-state index in [-0.39, 0.29) is 0 Å². The van der Waals surface area contributed by atoms with E-state index in [2.05, 4.69) is 57.9 Å². The Morgan fingerprint density at radius 2 is 1.95 bits per heavy atom. The van der Waals surface area contributed by atoms with Crippen LogP contribution in [0.3, 0.4) is 0 Å². The predicted molar refractivity (Wildman–Crippen MR) is 84.9 cm³/mol. The van der Waals surface area contributed by atoms with Gasteiger partial charge in [-0.15, -0.1) is 0 Å². The minimum atomic E-state index is -1.58. The second-order valence-electron chi connectivity index (χ2n) is 7.03. The van der Waals surface area contributed by atoms with Crippen LogP contribution in [0.5, 0.6) is 0 Å². The molecule has 0 aliphatic carbocycles. The highest BCUT2D eigenvalue weighted by Crippen LogP contribution is 2.36. The molecule has 0 fully saturated rings. The number of aromatic nitrogens is 1. The number of pyridine rings is 1. The fourth-order valence-electron chi connectivity index (χ4n) is 1.71. The first-order valence-electron chi connectivity index (χ1n) is 7.26. The predicted octanol–water partition coefficient (Wildman–Crippen LogP) is 4.67. The Labute approximate surface area is 119 Å². The number of nitrogens with zero attached hydrogens (tertiary/aromatic N) is 1. The summed E-state index contributed by atoms with van der Waals surface area (Å²) in [6, 6.07) is 6.13. The fraction of sp³-hybridized carbons (Fsp3) is 0.688. The van der Waals surface area contributed by atoms with Crippen molar-refractivity contribution in [3.8, 4) is 0 Å². The average Bonchev–Trinajstić information content (AvgIpc) is 2.28. The van der Waals surface area contributed by atoms with E-state index in [0.717, 1.165) is 19.4 Å². The summed E-state index contributed by atoms with van der Waals surface area (Å²) in [5, 5.41) is 0.303. The molecule has 0 aromatic carbocycles. The van der Waals surface area contributed by atoms with Gasteiger partial charge in [0.1, 0.15) is 0 Å². The van der Waals surface area contributed by atoms with E-state index in [1.165, 1.54) is 5.69 Å². The van der Waals surface area contributed by atoms with Crippen molar-refractivity contribution in [1.29, 1.82) is 0 Å². The van der Waals surface area contributed by atoms with Gasteiger partial charge in [0.25, 0.3) is 0 Å². The molecule has 0 amide bonds. The highest BCUT2D eigenvalue weighted by molar-refractivity contribution is 6.74. The molecule has 108 valence electrons. The molecule has 3 heteroatoms. The van der Waals surface area contributed by atoms with Crippen LogP contribution < -0.4 is 0 Å². The largest absolute Gasteiger partial charge is 0.417 e. The average molecular weight is 279 g/mol. The van der Waals surface area contributed by atoms with Gasteiger partial charge in [0, 0.05) is 18.5 Å². The zero-order valence-corrected chi connectivity index (χ0v) is 14.4. The van der Waals surface area contributed by atoms with Crippen molar-refractivity contribution in [2.24, 2.45) is 5.92 Å². The molecule has 19 heavy (non-hydrogen) atoms. The zero-order chi connectivity index (χ0) is 14.5. The summed E-state index contributed by atoms with van der Waals surface area (Å²) in [5.74, 6) is 0.625. The lowest BCUT2D eigenvalue weighted by Gasteiger charge is -2.36. The third-order valence-corrected chi connectivity index (χ3v) is 8.70. The molecule has 0 spiro atoms. The van der Waals surface area contributed by atoms with E-state index in [4.69, 9.17) is 4.43 Å². The maximum atomic E-state index is 6.22. The van der Waals surface area contributed by atoms with Gasteiger partial charge in [-0.05, 0) is 49.0 Å². The van der Waals surface area contributed by atoms with Gasteiger partial charge in [0.2, 0.25) is 0 Å². The van der Waals surface area contributed by atoms with Crippen molar-refractivity contribution >= 4 is 8.32 Å². The van der Waals surface area contributed by atoms with Gasteiger partial charge in [-0.2, -0.15) is 0 Å². The molecule has 0 bridgehead atoms. The number of hydrogen-bond donors (Lipinski definition) is 0. The van der Waals surface area contributed by atoms with Gasteiger partial charge in [-0.1, -0.05) is 33.8 Å². The highest BCUT2D eigenvalue weighted by atomic mass is 28.4. The molecule has 0 aliphatic rings. The molecule has 1 rings (SSSR count). The lowest BCUT2D eigenvalue weighted by atomic mass is 10.0. The monoisotopic (exact) mass is 279 g/mol. The van der Waals surface area contributed by atoms with Gasteiger partial charge < -0.3 is 4.43 Å². The number of hydrogen-bond acceptors (Lipinski definition) is 2. The Morgan fingerprint density at radius 3 is 2.47 bits per heavy atom.